The molecule has 0 bridgehead atoms. The molecular weight excluding hydrogens is 340 g/mol. The number of amides is 1. The number of hydrogen-bond donors (Lipinski definition) is 3. The standard InChI is InChI=1S/C19H24N2O3.ClH/c1-14(20)10-19(23)21-12-18(22)16-8-5-9-17(11-16)24-13-15-6-3-2-4-7-15;/h2-9,11,14,18,22H,10,12-13,20H2,1H3,(H,21,23);1H. The van der Waals surface area contributed by atoms with E-state index in [4.69, 9.17) is 10.5 Å². The third-order valence-electron chi connectivity index (χ3n) is 3.49. The first-order valence-electron chi connectivity index (χ1n) is 8.01. The number of hydrogen-bond acceptors (Lipinski definition) is 4. The summed E-state index contributed by atoms with van der Waals surface area (Å²) in [6.07, 6.45) is -0.547. The van der Waals surface area contributed by atoms with E-state index in [1.165, 1.54) is 0 Å². The van der Waals surface area contributed by atoms with Crippen LogP contribution in [0.15, 0.2) is 54.6 Å². The summed E-state index contributed by atoms with van der Waals surface area (Å²) in [5.41, 5.74) is 7.34. The zero-order valence-electron chi connectivity index (χ0n) is 14.2. The van der Waals surface area contributed by atoms with Gasteiger partial charge in [0.2, 0.25) is 5.91 Å². The van der Waals surface area contributed by atoms with E-state index in [0.29, 0.717) is 17.9 Å². The molecule has 5 nitrogen and oxygen atoms in total. The van der Waals surface area contributed by atoms with E-state index in [2.05, 4.69) is 5.32 Å². The second-order valence-electron chi connectivity index (χ2n) is 5.85. The highest BCUT2D eigenvalue weighted by molar-refractivity contribution is 5.85. The van der Waals surface area contributed by atoms with Gasteiger partial charge in [0.05, 0.1) is 6.10 Å². The third-order valence-corrected chi connectivity index (χ3v) is 3.49. The molecule has 2 atom stereocenters. The van der Waals surface area contributed by atoms with Crippen molar-refractivity contribution in [2.75, 3.05) is 6.54 Å². The van der Waals surface area contributed by atoms with Crippen molar-refractivity contribution in [1.82, 2.24) is 5.32 Å². The quantitative estimate of drug-likeness (QED) is 0.672. The Bertz CT molecular complexity index is 650. The van der Waals surface area contributed by atoms with Gasteiger partial charge in [-0.2, -0.15) is 0 Å². The monoisotopic (exact) mass is 364 g/mol. The van der Waals surface area contributed by atoms with Crippen molar-refractivity contribution in [2.24, 2.45) is 5.73 Å². The number of ether oxygens (including phenoxy) is 1. The van der Waals surface area contributed by atoms with E-state index >= 15 is 0 Å². The first-order chi connectivity index (χ1) is 11.5. The highest BCUT2D eigenvalue weighted by Crippen LogP contribution is 2.20. The number of carbonyl (C=O) groups excluding carboxylic acids is 1. The Balaban J connectivity index is 0.00000312. The Morgan fingerprint density at radius 3 is 2.60 bits per heavy atom. The first-order valence-corrected chi connectivity index (χ1v) is 8.01. The number of carbonyl (C=O) groups is 1. The molecule has 136 valence electrons. The van der Waals surface area contributed by atoms with Crippen molar-refractivity contribution in [2.45, 2.75) is 32.1 Å². The molecule has 0 aliphatic carbocycles. The lowest BCUT2D eigenvalue weighted by molar-refractivity contribution is -0.121. The number of benzene rings is 2. The van der Waals surface area contributed by atoms with E-state index in [1.54, 1.807) is 19.1 Å². The average Bonchev–Trinajstić information content (AvgIpc) is 2.58. The minimum Gasteiger partial charge on any atom is -0.489 e. The van der Waals surface area contributed by atoms with Gasteiger partial charge in [0.25, 0.3) is 0 Å². The van der Waals surface area contributed by atoms with Gasteiger partial charge in [-0.05, 0) is 30.2 Å². The van der Waals surface area contributed by atoms with E-state index in [-0.39, 0.29) is 37.3 Å². The summed E-state index contributed by atoms with van der Waals surface area (Å²) in [5, 5.41) is 12.9. The molecule has 0 saturated carbocycles. The molecule has 0 aliphatic heterocycles. The van der Waals surface area contributed by atoms with E-state index in [9.17, 15) is 9.90 Å². The zero-order valence-corrected chi connectivity index (χ0v) is 15.0. The molecule has 0 fully saturated rings. The average molecular weight is 365 g/mol. The summed E-state index contributed by atoms with van der Waals surface area (Å²) in [6, 6.07) is 16.9. The lowest BCUT2D eigenvalue weighted by Crippen LogP contribution is -2.32. The van der Waals surface area contributed by atoms with Crippen LogP contribution in [0.25, 0.3) is 0 Å². The number of aliphatic hydroxyl groups is 1. The van der Waals surface area contributed by atoms with Gasteiger partial charge in [0.1, 0.15) is 12.4 Å². The predicted octanol–water partition coefficient (Wildman–Crippen LogP) is 2.57. The SMILES string of the molecule is CC(N)CC(=O)NCC(O)c1cccc(OCc2ccccc2)c1.Cl. The summed E-state index contributed by atoms with van der Waals surface area (Å²) in [5.74, 6) is 0.512. The molecule has 0 heterocycles. The van der Waals surface area contributed by atoms with Crippen LogP contribution in [-0.2, 0) is 11.4 Å². The molecule has 4 N–H and O–H groups in total. The Hall–Kier alpha value is -2.08. The van der Waals surface area contributed by atoms with Crippen LogP contribution in [0.5, 0.6) is 5.75 Å². The van der Waals surface area contributed by atoms with Crippen molar-refractivity contribution in [3.05, 3.63) is 65.7 Å². The minimum absolute atomic E-state index is 0. The number of rotatable bonds is 8. The second-order valence-corrected chi connectivity index (χ2v) is 5.85. The van der Waals surface area contributed by atoms with Crippen LogP contribution in [0, 0.1) is 0 Å². The molecule has 0 radical (unpaired) electrons. The van der Waals surface area contributed by atoms with Crippen LogP contribution in [0.4, 0.5) is 0 Å². The largest absolute Gasteiger partial charge is 0.489 e. The van der Waals surface area contributed by atoms with Gasteiger partial charge < -0.3 is 20.9 Å². The van der Waals surface area contributed by atoms with Gasteiger partial charge >= 0.3 is 0 Å². The van der Waals surface area contributed by atoms with Crippen LogP contribution >= 0.6 is 12.4 Å². The first kappa shape index (κ1) is 21.0. The van der Waals surface area contributed by atoms with Gasteiger partial charge in [-0.25, -0.2) is 0 Å². The predicted molar refractivity (Wildman–Crippen MR) is 101 cm³/mol. The van der Waals surface area contributed by atoms with E-state index < -0.39 is 6.10 Å². The number of nitrogens with one attached hydrogen (secondary N) is 1. The Morgan fingerprint density at radius 2 is 1.92 bits per heavy atom. The fraction of sp³-hybridized carbons (Fsp3) is 0.316. The van der Waals surface area contributed by atoms with Gasteiger partial charge in [-0.3, -0.25) is 4.79 Å². The normalized spacial score (nSPS) is 12.6. The van der Waals surface area contributed by atoms with Crippen LogP contribution in [0.2, 0.25) is 0 Å². The Morgan fingerprint density at radius 1 is 1.20 bits per heavy atom. The Kier molecular flexibility index (Phi) is 8.99. The zero-order chi connectivity index (χ0) is 17.4. The summed E-state index contributed by atoms with van der Waals surface area (Å²) < 4.78 is 5.75. The Labute approximate surface area is 154 Å². The van der Waals surface area contributed by atoms with Crippen molar-refractivity contribution >= 4 is 18.3 Å². The number of halogens is 1. The van der Waals surface area contributed by atoms with Gasteiger partial charge in [-0.15, -0.1) is 12.4 Å². The molecule has 2 aromatic carbocycles. The van der Waals surface area contributed by atoms with Crippen molar-refractivity contribution < 1.29 is 14.6 Å². The van der Waals surface area contributed by atoms with Crippen molar-refractivity contribution in [1.29, 1.82) is 0 Å². The molecule has 1 amide bonds. The second kappa shape index (κ2) is 10.7. The summed E-state index contributed by atoms with van der Waals surface area (Å²) in [6.45, 7) is 2.38. The van der Waals surface area contributed by atoms with Crippen LogP contribution in [-0.4, -0.2) is 23.6 Å². The van der Waals surface area contributed by atoms with Crippen molar-refractivity contribution in [3.63, 3.8) is 0 Å². The highest BCUT2D eigenvalue weighted by atomic mass is 35.5. The van der Waals surface area contributed by atoms with Gasteiger partial charge in [0, 0.05) is 19.0 Å². The molecule has 2 rings (SSSR count). The van der Waals surface area contributed by atoms with E-state index in [0.717, 1.165) is 5.56 Å². The fourth-order valence-electron chi connectivity index (χ4n) is 2.25. The molecule has 2 aromatic rings. The van der Waals surface area contributed by atoms with Crippen LogP contribution in [0.1, 0.15) is 30.6 Å². The number of nitrogens with two attached hydrogens (primary N) is 1. The highest BCUT2D eigenvalue weighted by Gasteiger charge is 2.11. The van der Waals surface area contributed by atoms with Gasteiger partial charge in [0.15, 0.2) is 0 Å². The van der Waals surface area contributed by atoms with E-state index in [1.807, 2.05) is 42.5 Å². The van der Waals surface area contributed by atoms with Crippen LogP contribution in [0.3, 0.4) is 0 Å². The maximum Gasteiger partial charge on any atom is 0.221 e. The molecule has 2 unspecified atom stereocenters. The maximum atomic E-state index is 11.6. The molecule has 6 heteroatoms. The summed E-state index contributed by atoms with van der Waals surface area (Å²) in [4.78, 5) is 11.6. The maximum absolute atomic E-state index is 11.6. The molecule has 0 saturated heterocycles. The summed E-state index contributed by atoms with van der Waals surface area (Å²) in [7, 11) is 0. The minimum atomic E-state index is -0.790. The smallest absolute Gasteiger partial charge is 0.221 e. The number of aliphatic hydroxyl groups excluding tert-OH is 1. The molecule has 0 aromatic heterocycles. The summed E-state index contributed by atoms with van der Waals surface area (Å²) >= 11 is 0. The lowest BCUT2D eigenvalue weighted by atomic mass is 10.1. The van der Waals surface area contributed by atoms with Crippen molar-refractivity contribution in [3.8, 4) is 5.75 Å². The topological polar surface area (TPSA) is 84.6 Å². The molecule has 0 aliphatic rings. The van der Waals surface area contributed by atoms with Crippen LogP contribution < -0.4 is 15.8 Å². The molecular formula is C19H25ClN2O3. The van der Waals surface area contributed by atoms with Gasteiger partial charge in [-0.1, -0.05) is 42.5 Å². The lowest BCUT2D eigenvalue weighted by Gasteiger charge is -2.14. The molecule has 0 spiro atoms. The molecule has 25 heavy (non-hydrogen) atoms. The third kappa shape index (κ3) is 7.56. The fourth-order valence-corrected chi connectivity index (χ4v) is 2.25.